The van der Waals surface area contributed by atoms with E-state index >= 15 is 0 Å². The smallest absolute Gasteiger partial charge is 0.268 e. The molecule has 0 atom stereocenters. The zero-order valence-corrected chi connectivity index (χ0v) is 21.0. The fourth-order valence-corrected chi connectivity index (χ4v) is 5.72. The second kappa shape index (κ2) is 9.17. The summed E-state index contributed by atoms with van der Waals surface area (Å²) in [4.78, 5) is 21.3. The van der Waals surface area contributed by atoms with Crippen LogP contribution in [-0.2, 0) is 4.79 Å². The highest BCUT2D eigenvalue weighted by Crippen LogP contribution is 2.40. The maximum atomic E-state index is 13.8. The van der Waals surface area contributed by atoms with E-state index in [2.05, 4.69) is 46.3 Å². The van der Waals surface area contributed by atoms with Crippen molar-refractivity contribution in [1.29, 1.82) is 0 Å². The van der Waals surface area contributed by atoms with Gasteiger partial charge in [0.1, 0.15) is 0 Å². The first-order valence-corrected chi connectivity index (χ1v) is 12.8. The molecule has 5 aromatic rings. The second-order valence-electron chi connectivity index (χ2n) is 8.20. The van der Waals surface area contributed by atoms with Crippen LogP contribution in [0.1, 0.15) is 5.56 Å². The molecule has 5 heteroatoms. The third-order valence-electron chi connectivity index (χ3n) is 5.94. The maximum absolute atomic E-state index is 13.8. The molecule has 168 valence electrons. The largest absolute Gasteiger partial charge is 0.271 e. The summed E-state index contributed by atoms with van der Waals surface area (Å²) in [7, 11) is 0. The number of fused-ring (bicyclic) bond motifs is 2. The van der Waals surface area contributed by atoms with E-state index in [-0.39, 0.29) is 5.91 Å². The highest BCUT2D eigenvalue weighted by molar-refractivity contribution is 9.10. The van der Waals surface area contributed by atoms with Crippen LogP contribution >= 0.6 is 27.7 Å². The van der Waals surface area contributed by atoms with Crippen molar-refractivity contribution in [3.8, 4) is 0 Å². The van der Waals surface area contributed by atoms with Crippen LogP contribution in [0.15, 0.2) is 124 Å². The van der Waals surface area contributed by atoms with Gasteiger partial charge in [-0.25, -0.2) is 4.99 Å². The Bertz CT molecular complexity index is 1660. The number of amidine groups is 1. The first-order valence-electron chi connectivity index (χ1n) is 11.2. The summed E-state index contributed by atoms with van der Waals surface area (Å²) in [5.41, 5.74) is 2.63. The van der Waals surface area contributed by atoms with Gasteiger partial charge in [0.25, 0.3) is 5.91 Å². The molecule has 0 aromatic heterocycles. The Morgan fingerprint density at radius 1 is 0.743 bits per heavy atom. The van der Waals surface area contributed by atoms with E-state index in [0.29, 0.717) is 10.1 Å². The first kappa shape index (κ1) is 21.8. The summed E-state index contributed by atoms with van der Waals surface area (Å²) >= 11 is 4.93. The third kappa shape index (κ3) is 4.18. The van der Waals surface area contributed by atoms with Crippen molar-refractivity contribution in [2.24, 2.45) is 4.99 Å². The molecule has 0 aliphatic carbocycles. The van der Waals surface area contributed by atoms with E-state index in [4.69, 9.17) is 4.99 Å². The normalized spacial score (nSPS) is 16.1. The standard InChI is InChI=1S/C30H19BrN2OS/c31-23-13-5-8-20(18-23)19-28-29(34)33(27-17-7-12-22-10-2-4-15-25(22)27)30(35-28)32-26-16-6-11-21-9-1-3-14-24(21)26/h1-19H. The molecule has 6 rings (SSSR count). The Morgan fingerprint density at radius 3 is 2.20 bits per heavy atom. The van der Waals surface area contributed by atoms with E-state index in [1.807, 2.05) is 84.9 Å². The van der Waals surface area contributed by atoms with Gasteiger partial charge in [0.2, 0.25) is 0 Å². The summed E-state index contributed by atoms with van der Waals surface area (Å²) in [5, 5.41) is 4.90. The van der Waals surface area contributed by atoms with Crippen molar-refractivity contribution in [2.45, 2.75) is 0 Å². The number of hydrogen-bond donors (Lipinski definition) is 0. The van der Waals surface area contributed by atoms with Gasteiger partial charge in [-0.05, 0) is 58.4 Å². The zero-order chi connectivity index (χ0) is 23.8. The van der Waals surface area contributed by atoms with Gasteiger partial charge in [0.15, 0.2) is 5.17 Å². The Kier molecular flexibility index (Phi) is 5.72. The molecule has 1 heterocycles. The number of benzene rings is 5. The Labute approximate surface area is 215 Å². The van der Waals surface area contributed by atoms with Crippen LogP contribution in [0, 0.1) is 0 Å². The molecule has 0 bridgehead atoms. The fourth-order valence-electron chi connectivity index (χ4n) is 4.32. The van der Waals surface area contributed by atoms with Crippen LogP contribution in [0.4, 0.5) is 11.4 Å². The van der Waals surface area contributed by atoms with Gasteiger partial charge in [0, 0.05) is 15.2 Å². The first-order chi connectivity index (χ1) is 17.2. The number of anilines is 1. The lowest BCUT2D eigenvalue weighted by Crippen LogP contribution is -2.28. The average Bonchev–Trinajstić information content (AvgIpc) is 3.18. The molecule has 0 N–H and O–H groups in total. The highest BCUT2D eigenvalue weighted by Gasteiger charge is 2.35. The number of nitrogens with zero attached hydrogens (tertiary/aromatic N) is 2. The molecule has 1 aliphatic heterocycles. The van der Waals surface area contributed by atoms with Crippen LogP contribution in [0.2, 0.25) is 0 Å². The van der Waals surface area contributed by atoms with Crippen LogP contribution in [0.5, 0.6) is 0 Å². The minimum Gasteiger partial charge on any atom is -0.268 e. The van der Waals surface area contributed by atoms with Crippen LogP contribution < -0.4 is 4.90 Å². The Hall–Kier alpha value is -3.67. The third-order valence-corrected chi connectivity index (χ3v) is 7.41. The Balaban J connectivity index is 1.54. The second-order valence-corrected chi connectivity index (χ2v) is 10.1. The quantitative estimate of drug-likeness (QED) is 0.217. The Morgan fingerprint density at radius 2 is 1.40 bits per heavy atom. The molecule has 1 fully saturated rings. The molecule has 3 nitrogen and oxygen atoms in total. The van der Waals surface area contributed by atoms with Crippen LogP contribution in [-0.4, -0.2) is 11.1 Å². The lowest BCUT2D eigenvalue weighted by atomic mass is 10.1. The molecular formula is C30H19BrN2OS. The average molecular weight is 535 g/mol. The van der Waals surface area contributed by atoms with Gasteiger partial charge in [-0.3, -0.25) is 9.69 Å². The van der Waals surface area contributed by atoms with Crippen molar-refractivity contribution in [1.82, 2.24) is 0 Å². The van der Waals surface area contributed by atoms with Gasteiger partial charge < -0.3 is 0 Å². The summed E-state index contributed by atoms with van der Waals surface area (Å²) in [6.45, 7) is 0. The predicted molar refractivity (Wildman–Crippen MR) is 152 cm³/mol. The molecule has 1 aliphatic rings. The number of rotatable bonds is 3. The molecule has 0 radical (unpaired) electrons. The summed E-state index contributed by atoms with van der Waals surface area (Å²) in [6.07, 6.45) is 1.93. The van der Waals surface area contributed by atoms with E-state index in [1.54, 1.807) is 4.90 Å². The fraction of sp³-hybridized carbons (Fsp3) is 0. The number of halogens is 1. The number of aliphatic imine (C=N–C) groups is 1. The van der Waals surface area contributed by atoms with Gasteiger partial charge in [-0.2, -0.15) is 0 Å². The van der Waals surface area contributed by atoms with Crippen molar-refractivity contribution in [3.05, 3.63) is 124 Å². The van der Waals surface area contributed by atoms with Crippen LogP contribution in [0.3, 0.4) is 0 Å². The molecular weight excluding hydrogens is 516 g/mol. The predicted octanol–water partition coefficient (Wildman–Crippen LogP) is 8.56. The van der Waals surface area contributed by atoms with E-state index in [0.717, 1.165) is 43.0 Å². The van der Waals surface area contributed by atoms with Crippen LogP contribution in [0.25, 0.3) is 27.6 Å². The number of thioether (sulfide) groups is 1. The van der Waals surface area contributed by atoms with Gasteiger partial charge >= 0.3 is 0 Å². The minimum atomic E-state index is -0.0784. The summed E-state index contributed by atoms with van der Waals surface area (Å²) < 4.78 is 0.970. The SMILES string of the molecule is O=C1C(=Cc2cccc(Br)c2)SC(=Nc2cccc3ccccc23)N1c1cccc2ccccc12. The molecule has 0 saturated carbocycles. The lowest BCUT2D eigenvalue weighted by Gasteiger charge is -2.18. The number of carbonyl (C=O) groups is 1. The van der Waals surface area contributed by atoms with E-state index in [1.165, 1.54) is 11.8 Å². The number of hydrogen-bond acceptors (Lipinski definition) is 3. The highest BCUT2D eigenvalue weighted by atomic mass is 79.9. The van der Waals surface area contributed by atoms with Crippen molar-refractivity contribution in [2.75, 3.05) is 4.90 Å². The van der Waals surface area contributed by atoms with Gasteiger partial charge in [-0.15, -0.1) is 0 Å². The van der Waals surface area contributed by atoms with Crippen molar-refractivity contribution >= 4 is 77.8 Å². The monoisotopic (exact) mass is 534 g/mol. The molecule has 0 unspecified atom stereocenters. The molecule has 35 heavy (non-hydrogen) atoms. The van der Waals surface area contributed by atoms with Crippen molar-refractivity contribution < 1.29 is 4.79 Å². The maximum Gasteiger partial charge on any atom is 0.271 e. The van der Waals surface area contributed by atoms with E-state index in [9.17, 15) is 4.79 Å². The van der Waals surface area contributed by atoms with Gasteiger partial charge in [0.05, 0.1) is 16.3 Å². The minimum absolute atomic E-state index is 0.0784. The number of amides is 1. The summed E-state index contributed by atoms with van der Waals surface area (Å²) in [5.74, 6) is -0.0784. The molecule has 0 spiro atoms. The number of carbonyl (C=O) groups excluding carboxylic acids is 1. The zero-order valence-electron chi connectivity index (χ0n) is 18.6. The summed E-state index contributed by atoms with van der Waals surface area (Å²) in [6, 6.07) is 36.4. The van der Waals surface area contributed by atoms with E-state index < -0.39 is 0 Å². The molecule has 1 amide bonds. The van der Waals surface area contributed by atoms with Gasteiger partial charge in [-0.1, -0.05) is 101 Å². The topological polar surface area (TPSA) is 32.7 Å². The molecule has 5 aromatic carbocycles. The molecule has 1 saturated heterocycles. The van der Waals surface area contributed by atoms with Crippen molar-refractivity contribution in [3.63, 3.8) is 0 Å². The lowest BCUT2D eigenvalue weighted by molar-refractivity contribution is -0.113.